The quantitative estimate of drug-likeness (QED) is 0.585. The second kappa shape index (κ2) is 5.32. The lowest BCUT2D eigenvalue weighted by atomic mass is 10.0. The zero-order valence-corrected chi connectivity index (χ0v) is 11.6. The third kappa shape index (κ3) is 2.60. The van der Waals surface area contributed by atoms with Gasteiger partial charge in [0, 0.05) is 11.1 Å². The number of fused-ring (bicyclic) bond motifs is 1. The van der Waals surface area contributed by atoms with Gasteiger partial charge in [0.2, 0.25) is 5.76 Å². The number of esters is 1. The number of anilines is 1. The summed E-state index contributed by atoms with van der Waals surface area (Å²) in [5.41, 5.74) is 9.19. The zero-order chi connectivity index (χ0) is 14.8. The molecule has 0 aliphatic rings. The van der Waals surface area contributed by atoms with E-state index in [4.69, 9.17) is 14.9 Å². The maximum Gasteiger partial charge on any atom is 0.374 e. The highest BCUT2D eigenvalue weighted by Gasteiger charge is 2.13. The summed E-state index contributed by atoms with van der Waals surface area (Å²) in [7, 11) is 0. The van der Waals surface area contributed by atoms with Crippen LogP contribution >= 0.6 is 0 Å². The van der Waals surface area contributed by atoms with Crippen molar-refractivity contribution in [3.63, 3.8) is 0 Å². The summed E-state index contributed by atoms with van der Waals surface area (Å²) >= 11 is 0. The summed E-state index contributed by atoms with van der Waals surface area (Å²) in [6.45, 7) is 2.09. The molecular weight excluding hydrogens is 266 g/mol. The molecule has 0 aliphatic heterocycles. The molecule has 106 valence electrons. The van der Waals surface area contributed by atoms with Gasteiger partial charge in [0.25, 0.3) is 0 Å². The first kappa shape index (κ1) is 13.2. The highest BCUT2D eigenvalue weighted by atomic mass is 16.5. The van der Waals surface area contributed by atoms with Gasteiger partial charge < -0.3 is 14.9 Å². The predicted molar refractivity (Wildman–Crippen MR) is 82.0 cm³/mol. The summed E-state index contributed by atoms with van der Waals surface area (Å²) in [6, 6.07) is 15.1. The summed E-state index contributed by atoms with van der Waals surface area (Å²) < 4.78 is 10.4. The monoisotopic (exact) mass is 281 g/mol. The smallest absolute Gasteiger partial charge is 0.374 e. The fourth-order valence-corrected chi connectivity index (χ4v) is 2.20. The lowest BCUT2D eigenvalue weighted by molar-refractivity contribution is 0.0492. The molecule has 0 saturated carbocycles. The van der Waals surface area contributed by atoms with E-state index in [9.17, 15) is 4.79 Å². The Bertz CT molecular complexity index is 787. The Hall–Kier alpha value is -2.75. The van der Waals surface area contributed by atoms with Gasteiger partial charge in [-0.2, -0.15) is 0 Å². The minimum atomic E-state index is -0.442. The molecule has 0 amide bonds. The van der Waals surface area contributed by atoms with Crippen molar-refractivity contribution in [1.29, 1.82) is 0 Å². The first-order valence-corrected chi connectivity index (χ1v) is 6.74. The third-order valence-electron chi connectivity index (χ3n) is 3.24. The fourth-order valence-electron chi connectivity index (χ4n) is 2.20. The van der Waals surface area contributed by atoms with Gasteiger partial charge in [-0.25, -0.2) is 4.79 Å². The number of furan rings is 1. The minimum absolute atomic E-state index is 0.223. The predicted octanol–water partition coefficient (Wildman–Crippen LogP) is 3.86. The van der Waals surface area contributed by atoms with E-state index in [1.165, 1.54) is 0 Å². The van der Waals surface area contributed by atoms with E-state index in [0.29, 0.717) is 12.2 Å². The summed E-state index contributed by atoms with van der Waals surface area (Å²) in [5.74, 6) is -0.218. The first-order valence-electron chi connectivity index (χ1n) is 6.74. The van der Waals surface area contributed by atoms with Crippen LogP contribution in [0, 0.1) is 0 Å². The van der Waals surface area contributed by atoms with Gasteiger partial charge in [-0.05, 0) is 48.4 Å². The van der Waals surface area contributed by atoms with E-state index in [2.05, 4.69) is 0 Å². The molecule has 0 unspecified atom stereocenters. The van der Waals surface area contributed by atoms with Crippen molar-refractivity contribution < 1.29 is 13.9 Å². The van der Waals surface area contributed by atoms with Gasteiger partial charge in [0.15, 0.2) is 0 Å². The van der Waals surface area contributed by atoms with Gasteiger partial charge >= 0.3 is 5.97 Å². The number of nitrogen functional groups attached to an aromatic ring is 1. The van der Waals surface area contributed by atoms with Gasteiger partial charge in [0.1, 0.15) is 5.58 Å². The van der Waals surface area contributed by atoms with E-state index in [-0.39, 0.29) is 5.76 Å². The molecule has 4 nitrogen and oxygen atoms in total. The van der Waals surface area contributed by atoms with E-state index in [1.807, 2.05) is 42.5 Å². The Kier molecular flexibility index (Phi) is 3.36. The van der Waals surface area contributed by atoms with Crippen LogP contribution in [0.2, 0.25) is 0 Å². The molecular formula is C17H15NO3. The summed E-state index contributed by atoms with van der Waals surface area (Å²) in [5, 5.41) is 0.868. The molecule has 1 heterocycles. The number of hydrogen-bond donors (Lipinski definition) is 1. The van der Waals surface area contributed by atoms with Crippen LogP contribution in [0.3, 0.4) is 0 Å². The molecule has 4 heteroatoms. The lowest BCUT2D eigenvalue weighted by Crippen LogP contribution is -2.02. The molecule has 2 aromatic carbocycles. The molecule has 21 heavy (non-hydrogen) atoms. The van der Waals surface area contributed by atoms with Crippen LogP contribution < -0.4 is 5.73 Å². The molecule has 0 saturated heterocycles. The number of carbonyl (C=O) groups excluding carboxylic acids is 1. The Morgan fingerprint density at radius 1 is 1.10 bits per heavy atom. The molecule has 3 aromatic rings. The lowest BCUT2D eigenvalue weighted by Gasteiger charge is -2.02. The van der Waals surface area contributed by atoms with Crippen molar-refractivity contribution in [2.24, 2.45) is 0 Å². The Balaban J connectivity index is 2.00. The second-order valence-corrected chi connectivity index (χ2v) is 4.71. The zero-order valence-electron chi connectivity index (χ0n) is 11.6. The highest BCUT2D eigenvalue weighted by molar-refractivity contribution is 5.94. The second-order valence-electron chi connectivity index (χ2n) is 4.71. The van der Waals surface area contributed by atoms with E-state index in [0.717, 1.165) is 22.2 Å². The number of carbonyl (C=O) groups is 1. The first-order chi connectivity index (χ1) is 10.2. The normalized spacial score (nSPS) is 10.7. The summed E-state index contributed by atoms with van der Waals surface area (Å²) in [6.07, 6.45) is 0. The molecule has 0 aliphatic carbocycles. The van der Waals surface area contributed by atoms with Crippen LogP contribution in [-0.2, 0) is 4.74 Å². The topological polar surface area (TPSA) is 65.5 Å². The average molecular weight is 281 g/mol. The fraction of sp³-hybridized carbons (Fsp3) is 0.118. The molecule has 0 bridgehead atoms. The van der Waals surface area contributed by atoms with Crippen LogP contribution in [0.4, 0.5) is 5.69 Å². The van der Waals surface area contributed by atoms with Crippen LogP contribution in [0.25, 0.3) is 22.1 Å². The minimum Gasteiger partial charge on any atom is -0.460 e. The Morgan fingerprint density at radius 2 is 1.81 bits per heavy atom. The average Bonchev–Trinajstić information content (AvgIpc) is 2.91. The Morgan fingerprint density at radius 3 is 2.52 bits per heavy atom. The van der Waals surface area contributed by atoms with Crippen LogP contribution in [0.1, 0.15) is 17.5 Å². The molecule has 0 spiro atoms. The van der Waals surface area contributed by atoms with E-state index in [1.54, 1.807) is 13.0 Å². The van der Waals surface area contributed by atoms with Gasteiger partial charge in [-0.15, -0.1) is 0 Å². The van der Waals surface area contributed by atoms with Crippen LogP contribution in [-0.4, -0.2) is 12.6 Å². The number of rotatable bonds is 3. The van der Waals surface area contributed by atoms with Crippen molar-refractivity contribution in [2.45, 2.75) is 6.92 Å². The van der Waals surface area contributed by atoms with Crippen molar-refractivity contribution in [1.82, 2.24) is 0 Å². The van der Waals surface area contributed by atoms with Crippen molar-refractivity contribution >= 4 is 22.6 Å². The molecule has 1 aromatic heterocycles. The van der Waals surface area contributed by atoms with Crippen molar-refractivity contribution in [2.75, 3.05) is 12.3 Å². The number of hydrogen-bond acceptors (Lipinski definition) is 4. The van der Waals surface area contributed by atoms with Gasteiger partial charge in [0.05, 0.1) is 6.61 Å². The van der Waals surface area contributed by atoms with Crippen molar-refractivity contribution in [3.8, 4) is 11.1 Å². The summed E-state index contributed by atoms with van der Waals surface area (Å²) in [4.78, 5) is 11.7. The maximum absolute atomic E-state index is 11.7. The number of ether oxygens (including phenoxy) is 1. The third-order valence-corrected chi connectivity index (χ3v) is 3.24. The molecule has 0 radical (unpaired) electrons. The highest BCUT2D eigenvalue weighted by Crippen LogP contribution is 2.27. The van der Waals surface area contributed by atoms with E-state index >= 15 is 0 Å². The van der Waals surface area contributed by atoms with Crippen LogP contribution in [0.5, 0.6) is 0 Å². The van der Waals surface area contributed by atoms with Crippen LogP contribution in [0.15, 0.2) is 52.9 Å². The largest absolute Gasteiger partial charge is 0.460 e. The van der Waals surface area contributed by atoms with Crippen molar-refractivity contribution in [3.05, 3.63) is 54.3 Å². The number of benzene rings is 2. The molecule has 2 N–H and O–H groups in total. The number of nitrogens with two attached hydrogens (primary N) is 1. The molecule has 0 fully saturated rings. The molecule has 3 rings (SSSR count). The standard InChI is InChI=1S/C17H15NO3/c1-2-20-17(19)16-10-13-9-12(5-8-15(13)21-16)11-3-6-14(18)7-4-11/h3-10H,2,18H2,1H3. The molecule has 0 atom stereocenters. The maximum atomic E-state index is 11.7. The Labute approximate surface area is 122 Å². The SMILES string of the molecule is CCOC(=O)c1cc2cc(-c3ccc(N)cc3)ccc2o1. The van der Waals surface area contributed by atoms with E-state index < -0.39 is 5.97 Å². The van der Waals surface area contributed by atoms with Gasteiger partial charge in [-0.1, -0.05) is 18.2 Å². The van der Waals surface area contributed by atoms with Gasteiger partial charge in [-0.3, -0.25) is 0 Å².